The molecule has 3 rings (SSSR count). The molecule has 1 aromatic rings. The number of aromatic nitrogens is 3. The van der Waals surface area contributed by atoms with Crippen molar-refractivity contribution in [2.24, 2.45) is 0 Å². The third-order valence-corrected chi connectivity index (χ3v) is 4.36. The molecule has 0 saturated carbocycles. The number of nitrogen functional groups attached to an aromatic ring is 1. The van der Waals surface area contributed by atoms with Crippen LogP contribution < -0.4 is 16.0 Å². The minimum Gasteiger partial charge on any atom is -0.378 e. The number of anilines is 3. The molecule has 1 aromatic heterocycles. The average molecular weight is 282 g/mol. The summed E-state index contributed by atoms with van der Waals surface area (Å²) in [6.45, 7) is 2.99. The number of ether oxygens (including phenoxy) is 1. The SMILES string of the molecule is Nc1nc(NC2CCSC2)nc(N2CCOCC2)n1. The summed E-state index contributed by atoms with van der Waals surface area (Å²) < 4.78 is 5.33. The molecular formula is C11H18N6OS. The molecule has 0 spiro atoms. The summed E-state index contributed by atoms with van der Waals surface area (Å²) in [4.78, 5) is 14.9. The molecule has 0 aliphatic carbocycles. The minimum atomic E-state index is 0.268. The van der Waals surface area contributed by atoms with Gasteiger partial charge in [-0.15, -0.1) is 0 Å². The number of rotatable bonds is 3. The molecule has 2 saturated heterocycles. The van der Waals surface area contributed by atoms with E-state index in [-0.39, 0.29) is 5.95 Å². The van der Waals surface area contributed by atoms with E-state index in [4.69, 9.17) is 10.5 Å². The van der Waals surface area contributed by atoms with Crippen LogP contribution in [-0.2, 0) is 4.74 Å². The van der Waals surface area contributed by atoms with Crippen LogP contribution in [0, 0.1) is 0 Å². The van der Waals surface area contributed by atoms with Crippen molar-refractivity contribution >= 4 is 29.6 Å². The largest absolute Gasteiger partial charge is 0.378 e. The molecular weight excluding hydrogens is 264 g/mol. The van der Waals surface area contributed by atoms with Crippen LogP contribution in [0.1, 0.15) is 6.42 Å². The van der Waals surface area contributed by atoms with Gasteiger partial charge in [-0.05, 0) is 12.2 Å². The smallest absolute Gasteiger partial charge is 0.232 e. The van der Waals surface area contributed by atoms with Crippen molar-refractivity contribution in [1.82, 2.24) is 15.0 Å². The zero-order valence-electron chi connectivity index (χ0n) is 10.7. The van der Waals surface area contributed by atoms with E-state index < -0.39 is 0 Å². The van der Waals surface area contributed by atoms with Crippen molar-refractivity contribution in [3.63, 3.8) is 0 Å². The van der Waals surface area contributed by atoms with Crippen LogP contribution in [0.4, 0.5) is 17.8 Å². The van der Waals surface area contributed by atoms with E-state index in [1.54, 1.807) is 0 Å². The van der Waals surface area contributed by atoms with E-state index in [2.05, 4.69) is 25.2 Å². The fourth-order valence-corrected chi connectivity index (χ4v) is 3.33. The van der Waals surface area contributed by atoms with Crippen molar-refractivity contribution in [3.05, 3.63) is 0 Å². The quantitative estimate of drug-likeness (QED) is 0.813. The molecule has 0 bridgehead atoms. The molecule has 2 fully saturated rings. The van der Waals surface area contributed by atoms with Gasteiger partial charge in [0.25, 0.3) is 0 Å². The molecule has 19 heavy (non-hydrogen) atoms. The predicted molar refractivity (Wildman–Crippen MR) is 76.6 cm³/mol. The van der Waals surface area contributed by atoms with Gasteiger partial charge in [-0.3, -0.25) is 0 Å². The van der Waals surface area contributed by atoms with Gasteiger partial charge >= 0.3 is 0 Å². The van der Waals surface area contributed by atoms with Crippen molar-refractivity contribution in [3.8, 4) is 0 Å². The van der Waals surface area contributed by atoms with E-state index in [0.29, 0.717) is 31.2 Å². The molecule has 1 unspecified atom stereocenters. The monoisotopic (exact) mass is 282 g/mol. The molecule has 2 aliphatic heterocycles. The molecule has 2 aliphatic rings. The highest BCUT2D eigenvalue weighted by atomic mass is 32.2. The third kappa shape index (κ3) is 3.19. The highest BCUT2D eigenvalue weighted by Gasteiger charge is 2.19. The van der Waals surface area contributed by atoms with Gasteiger partial charge in [0.05, 0.1) is 13.2 Å². The lowest BCUT2D eigenvalue weighted by atomic mass is 10.3. The minimum absolute atomic E-state index is 0.268. The van der Waals surface area contributed by atoms with Gasteiger partial charge in [0.15, 0.2) is 0 Å². The van der Waals surface area contributed by atoms with Gasteiger partial charge in [0.2, 0.25) is 17.8 Å². The van der Waals surface area contributed by atoms with Crippen molar-refractivity contribution in [1.29, 1.82) is 0 Å². The van der Waals surface area contributed by atoms with E-state index in [1.807, 2.05) is 11.8 Å². The number of thioether (sulfide) groups is 1. The molecule has 0 amide bonds. The highest BCUT2D eigenvalue weighted by molar-refractivity contribution is 7.99. The molecule has 3 N–H and O–H groups in total. The Bertz CT molecular complexity index is 433. The topological polar surface area (TPSA) is 89.2 Å². The summed E-state index contributed by atoms with van der Waals surface area (Å²) >= 11 is 1.95. The van der Waals surface area contributed by atoms with Crippen LogP contribution >= 0.6 is 11.8 Å². The first kappa shape index (κ1) is 12.7. The number of nitrogens with zero attached hydrogens (tertiary/aromatic N) is 4. The Hall–Kier alpha value is -1.28. The van der Waals surface area contributed by atoms with E-state index in [1.165, 1.54) is 5.75 Å². The lowest BCUT2D eigenvalue weighted by Crippen LogP contribution is -2.37. The zero-order valence-corrected chi connectivity index (χ0v) is 11.5. The van der Waals surface area contributed by atoms with Crippen LogP contribution in [-0.4, -0.2) is 58.8 Å². The Morgan fingerprint density at radius 1 is 1.26 bits per heavy atom. The highest BCUT2D eigenvalue weighted by Crippen LogP contribution is 2.21. The lowest BCUT2D eigenvalue weighted by Gasteiger charge is -2.27. The van der Waals surface area contributed by atoms with Gasteiger partial charge in [-0.25, -0.2) is 0 Å². The average Bonchev–Trinajstić information content (AvgIpc) is 2.92. The standard InChI is InChI=1S/C11H18N6OS/c12-9-14-10(13-8-1-6-19-7-8)16-11(15-9)17-2-4-18-5-3-17/h8H,1-7H2,(H3,12,13,14,15,16). The fraction of sp³-hybridized carbons (Fsp3) is 0.727. The summed E-state index contributed by atoms with van der Waals surface area (Å²) in [7, 11) is 0. The fourth-order valence-electron chi connectivity index (χ4n) is 2.18. The Labute approximate surface area is 116 Å². The number of hydrogen-bond acceptors (Lipinski definition) is 8. The first-order valence-electron chi connectivity index (χ1n) is 6.50. The Morgan fingerprint density at radius 2 is 2.11 bits per heavy atom. The van der Waals surface area contributed by atoms with Gasteiger partial charge < -0.3 is 20.7 Å². The van der Waals surface area contributed by atoms with E-state index >= 15 is 0 Å². The maximum atomic E-state index is 5.77. The third-order valence-electron chi connectivity index (χ3n) is 3.20. The predicted octanol–water partition coefficient (Wildman–Crippen LogP) is 0.208. The lowest BCUT2D eigenvalue weighted by molar-refractivity contribution is 0.122. The number of nitrogens with two attached hydrogens (primary N) is 1. The number of hydrogen-bond donors (Lipinski definition) is 2. The second kappa shape index (κ2) is 5.79. The van der Waals surface area contributed by atoms with Gasteiger partial charge in [0.1, 0.15) is 0 Å². The molecule has 1 atom stereocenters. The second-order valence-corrected chi connectivity index (χ2v) is 5.77. The summed E-state index contributed by atoms with van der Waals surface area (Å²) in [5.74, 6) is 3.78. The summed E-state index contributed by atoms with van der Waals surface area (Å²) in [5.41, 5.74) is 5.77. The summed E-state index contributed by atoms with van der Waals surface area (Å²) in [6, 6.07) is 0.435. The van der Waals surface area contributed by atoms with Crippen LogP contribution in [0.3, 0.4) is 0 Å². The number of morpholine rings is 1. The zero-order chi connectivity index (χ0) is 13.1. The summed E-state index contributed by atoms with van der Waals surface area (Å²) in [6.07, 6.45) is 1.14. The van der Waals surface area contributed by atoms with Gasteiger partial charge in [0, 0.05) is 24.9 Å². The molecule has 3 heterocycles. The number of nitrogens with one attached hydrogen (secondary N) is 1. The van der Waals surface area contributed by atoms with Crippen LogP contribution in [0.15, 0.2) is 0 Å². The summed E-state index contributed by atoms with van der Waals surface area (Å²) in [5, 5.41) is 3.34. The second-order valence-electron chi connectivity index (χ2n) is 4.62. The first-order valence-corrected chi connectivity index (χ1v) is 7.65. The normalized spacial score (nSPS) is 23.6. The molecule has 0 aromatic carbocycles. The van der Waals surface area contributed by atoms with Crippen LogP contribution in [0.25, 0.3) is 0 Å². The molecule has 8 heteroatoms. The maximum absolute atomic E-state index is 5.77. The molecule has 0 radical (unpaired) electrons. The van der Waals surface area contributed by atoms with Crippen LogP contribution in [0.2, 0.25) is 0 Å². The van der Waals surface area contributed by atoms with Gasteiger partial charge in [-0.1, -0.05) is 0 Å². The van der Waals surface area contributed by atoms with Gasteiger partial charge in [-0.2, -0.15) is 26.7 Å². The van der Waals surface area contributed by atoms with Crippen molar-refractivity contribution in [2.45, 2.75) is 12.5 Å². The Morgan fingerprint density at radius 3 is 2.84 bits per heavy atom. The maximum Gasteiger partial charge on any atom is 0.232 e. The van der Waals surface area contributed by atoms with Crippen molar-refractivity contribution < 1.29 is 4.74 Å². The molecule has 7 nitrogen and oxygen atoms in total. The van der Waals surface area contributed by atoms with Crippen LogP contribution in [0.5, 0.6) is 0 Å². The first-order chi connectivity index (χ1) is 9.31. The van der Waals surface area contributed by atoms with Crippen molar-refractivity contribution in [2.75, 3.05) is 53.8 Å². The van der Waals surface area contributed by atoms with E-state index in [0.717, 1.165) is 25.3 Å². The Balaban J connectivity index is 1.74. The van der Waals surface area contributed by atoms with E-state index in [9.17, 15) is 0 Å². The molecule has 104 valence electrons. The Kier molecular flexibility index (Phi) is 3.88.